The van der Waals surface area contributed by atoms with Crippen molar-refractivity contribution in [2.24, 2.45) is 0 Å². The van der Waals surface area contributed by atoms with Crippen molar-refractivity contribution in [3.8, 4) is 0 Å². The molecule has 0 spiro atoms. The topological polar surface area (TPSA) is 61.2 Å². The molecule has 0 radical (unpaired) electrons. The molecule has 144 valence electrons. The first-order chi connectivity index (χ1) is 13.4. The molecule has 0 aliphatic carbocycles. The monoisotopic (exact) mass is 396 g/mol. The zero-order chi connectivity index (χ0) is 20.3. The van der Waals surface area contributed by atoms with E-state index in [1.807, 2.05) is 56.3 Å². The van der Waals surface area contributed by atoms with Gasteiger partial charge >= 0.3 is 5.97 Å². The average Bonchev–Trinajstić information content (AvgIpc) is 2.95. The van der Waals surface area contributed by atoms with E-state index in [-0.39, 0.29) is 23.1 Å². The Hall–Kier alpha value is -2.92. The molecular weight excluding hydrogens is 376 g/mol. The highest BCUT2D eigenvalue weighted by molar-refractivity contribution is 6.32. The Kier molecular flexibility index (Phi) is 5.95. The van der Waals surface area contributed by atoms with Gasteiger partial charge in [0.1, 0.15) is 10.7 Å². The first-order valence-corrected chi connectivity index (χ1v) is 9.29. The van der Waals surface area contributed by atoms with Gasteiger partial charge in [0.15, 0.2) is 6.61 Å². The minimum Gasteiger partial charge on any atom is -0.454 e. The maximum Gasteiger partial charge on any atom is 0.343 e. The lowest BCUT2D eigenvalue weighted by atomic mass is 10.0. The van der Waals surface area contributed by atoms with Crippen molar-refractivity contribution in [2.45, 2.75) is 27.3 Å². The minimum atomic E-state index is -0.652. The van der Waals surface area contributed by atoms with Gasteiger partial charge in [0.05, 0.1) is 12.2 Å². The van der Waals surface area contributed by atoms with E-state index in [0.717, 1.165) is 16.7 Å². The van der Waals surface area contributed by atoms with Gasteiger partial charge < -0.3 is 4.74 Å². The van der Waals surface area contributed by atoms with E-state index < -0.39 is 5.97 Å². The summed E-state index contributed by atoms with van der Waals surface area (Å²) in [6, 6.07) is 15.3. The molecule has 0 saturated heterocycles. The van der Waals surface area contributed by atoms with Crippen molar-refractivity contribution in [3.63, 3.8) is 0 Å². The molecule has 0 N–H and O–H groups in total. The Morgan fingerprint density at radius 3 is 2.50 bits per heavy atom. The van der Waals surface area contributed by atoms with Gasteiger partial charge in [-0.25, -0.2) is 9.48 Å². The third kappa shape index (κ3) is 4.31. The third-order valence-corrected chi connectivity index (χ3v) is 4.86. The molecule has 5 nitrogen and oxygen atoms in total. The second kappa shape index (κ2) is 8.40. The van der Waals surface area contributed by atoms with Crippen LogP contribution >= 0.6 is 11.6 Å². The number of halogens is 1. The second-order valence-electron chi connectivity index (χ2n) is 6.71. The minimum absolute atomic E-state index is 0.186. The summed E-state index contributed by atoms with van der Waals surface area (Å²) in [5.41, 5.74) is 4.03. The number of rotatable bonds is 6. The van der Waals surface area contributed by atoms with Gasteiger partial charge in [-0.05, 0) is 38.0 Å². The SMILES string of the molecule is Cc1ccc(C)c(C(=O)COC(=O)c2c(C)nn(Cc3ccccc3)c2Cl)c1. The number of hydrogen-bond donors (Lipinski definition) is 0. The summed E-state index contributed by atoms with van der Waals surface area (Å²) in [6.07, 6.45) is 0. The zero-order valence-corrected chi connectivity index (χ0v) is 16.8. The predicted molar refractivity (Wildman–Crippen MR) is 108 cm³/mol. The van der Waals surface area contributed by atoms with Crippen LogP contribution in [0.4, 0.5) is 0 Å². The molecule has 1 aromatic heterocycles. The standard InChI is InChI=1S/C22H21ClN2O3/c1-14-9-10-15(2)18(11-14)19(26)13-28-22(27)20-16(3)24-25(21(20)23)12-17-7-5-4-6-8-17/h4-11H,12-13H2,1-3H3. The summed E-state index contributed by atoms with van der Waals surface area (Å²) in [5, 5.41) is 4.54. The predicted octanol–water partition coefficient (Wildman–Crippen LogP) is 4.55. The van der Waals surface area contributed by atoms with E-state index in [4.69, 9.17) is 16.3 Å². The van der Waals surface area contributed by atoms with Crippen molar-refractivity contribution < 1.29 is 14.3 Å². The first kappa shape index (κ1) is 19.8. The van der Waals surface area contributed by atoms with Crippen LogP contribution in [0.25, 0.3) is 0 Å². The van der Waals surface area contributed by atoms with Gasteiger partial charge in [0.25, 0.3) is 0 Å². The number of esters is 1. The highest BCUT2D eigenvalue weighted by Crippen LogP contribution is 2.22. The Morgan fingerprint density at radius 1 is 1.07 bits per heavy atom. The molecule has 0 aliphatic heterocycles. The van der Waals surface area contributed by atoms with Gasteiger partial charge in [-0.1, -0.05) is 59.6 Å². The highest BCUT2D eigenvalue weighted by Gasteiger charge is 2.23. The summed E-state index contributed by atoms with van der Waals surface area (Å²) in [4.78, 5) is 25.0. The van der Waals surface area contributed by atoms with E-state index in [1.165, 1.54) is 0 Å². The summed E-state index contributed by atoms with van der Waals surface area (Å²) in [6.45, 7) is 5.55. The number of aryl methyl sites for hydroxylation is 3. The summed E-state index contributed by atoms with van der Waals surface area (Å²) in [5.74, 6) is -0.902. The fourth-order valence-corrected chi connectivity index (χ4v) is 3.28. The van der Waals surface area contributed by atoms with Crippen LogP contribution in [0.5, 0.6) is 0 Å². The van der Waals surface area contributed by atoms with Crippen molar-refractivity contribution >= 4 is 23.4 Å². The zero-order valence-electron chi connectivity index (χ0n) is 16.0. The van der Waals surface area contributed by atoms with Gasteiger partial charge in [-0.2, -0.15) is 5.10 Å². The molecule has 0 saturated carbocycles. The summed E-state index contributed by atoms with van der Waals surface area (Å²) in [7, 11) is 0. The van der Waals surface area contributed by atoms with Crippen molar-refractivity contribution in [3.05, 3.63) is 87.2 Å². The summed E-state index contributed by atoms with van der Waals surface area (Å²) < 4.78 is 6.79. The quantitative estimate of drug-likeness (QED) is 0.453. The Morgan fingerprint density at radius 2 is 1.79 bits per heavy atom. The number of ether oxygens (including phenoxy) is 1. The van der Waals surface area contributed by atoms with Crippen LogP contribution in [-0.4, -0.2) is 28.1 Å². The fourth-order valence-electron chi connectivity index (χ4n) is 2.96. The number of ketones is 1. The molecule has 0 atom stereocenters. The van der Waals surface area contributed by atoms with Crippen molar-refractivity contribution in [2.75, 3.05) is 6.61 Å². The van der Waals surface area contributed by atoms with Gasteiger partial charge in [0.2, 0.25) is 5.78 Å². The first-order valence-electron chi connectivity index (χ1n) is 8.91. The van der Waals surface area contributed by atoms with Gasteiger partial charge in [-0.3, -0.25) is 4.79 Å². The molecule has 3 rings (SSSR count). The molecule has 1 heterocycles. The van der Waals surface area contributed by atoms with Gasteiger partial charge in [0, 0.05) is 5.56 Å². The van der Waals surface area contributed by atoms with E-state index in [2.05, 4.69) is 5.10 Å². The molecule has 28 heavy (non-hydrogen) atoms. The average molecular weight is 397 g/mol. The van der Waals surface area contributed by atoms with E-state index in [9.17, 15) is 9.59 Å². The number of aromatic nitrogens is 2. The van der Waals surface area contributed by atoms with Crippen LogP contribution in [0.15, 0.2) is 48.5 Å². The smallest absolute Gasteiger partial charge is 0.343 e. The molecule has 0 aliphatic rings. The molecular formula is C22H21ClN2O3. The van der Waals surface area contributed by atoms with Crippen LogP contribution < -0.4 is 0 Å². The fraction of sp³-hybridized carbons (Fsp3) is 0.227. The lowest BCUT2D eigenvalue weighted by Gasteiger charge is -2.08. The Balaban J connectivity index is 1.72. The maximum atomic E-state index is 12.5. The lowest BCUT2D eigenvalue weighted by molar-refractivity contribution is 0.0474. The lowest BCUT2D eigenvalue weighted by Crippen LogP contribution is -2.16. The maximum absolute atomic E-state index is 12.5. The summed E-state index contributed by atoms with van der Waals surface area (Å²) >= 11 is 6.37. The molecule has 0 unspecified atom stereocenters. The van der Waals surface area contributed by atoms with Gasteiger partial charge in [-0.15, -0.1) is 0 Å². The van der Waals surface area contributed by atoms with Crippen molar-refractivity contribution in [1.29, 1.82) is 0 Å². The van der Waals surface area contributed by atoms with E-state index in [1.54, 1.807) is 17.7 Å². The molecule has 6 heteroatoms. The van der Waals surface area contributed by atoms with Crippen LogP contribution in [0.2, 0.25) is 5.15 Å². The van der Waals surface area contributed by atoms with Crippen LogP contribution in [0, 0.1) is 20.8 Å². The number of carbonyl (C=O) groups is 2. The number of hydrogen-bond acceptors (Lipinski definition) is 4. The number of benzene rings is 2. The molecule has 3 aromatic rings. The van der Waals surface area contributed by atoms with Crippen LogP contribution in [0.3, 0.4) is 0 Å². The number of carbonyl (C=O) groups excluding carboxylic acids is 2. The number of nitrogens with zero attached hydrogens (tertiary/aromatic N) is 2. The molecule has 0 bridgehead atoms. The Bertz CT molecular complexity index is 1030. The second-order valence-corrected chi connectivity index (χ2v) is 7.07. The van der Waals surface area contributed by atoms with Crippen molar-refractivity contribution in [1.82, 2.24) is 9.78 Å². The normalized spacial score (nSPS) is 10.7. The third-order valence-electron chi connectivity index (χ3n) is 4.47. The number of Topliss-reactive ketones (excluding diaryl/α,β-unsaturated/α-hetero) is 1. The highest BCUT2D eigenvalue weighted by atomic mass is 35.5. The van der Waals surface area contributed by atoms with Crippen LogP contribution in [0.1, 0.15) is 43.1 Å². The molecule has 0 amide bonds. The van der Waals surface area contributed by atoms with E-state index in [0.29, 0.717) is 17.8 Å². The molecule has 0 fully saturated rings. The Labute approximate surface area is 168 Å². The van der Waals surface area contributed by atoms with Crippen LogP contribution in [-0.2, 0) is 11.3 Å². The van der Waals surface area contributed by atoms with E-state index >= 15 is 0 Å². The molecule has 2 aromatic carbocycles. The largest absolute Gasteiger partial charge is 0.454 e.